The van der Waals surface area contributed by atoms with Crippen LogP contribution in [0.1, 0.15) is 38.5 Å². The number of thiazole rings is 1. The fourth-order valence-corrected chi connectivity index (χ4v) is 5.98. The van der Waals surface area contributed by atoms with Gasteiger partial charge in [-0.1, -0.05) is 42.0 Å². The summed E-state index contributed by atoms with van der Waals surface area (Å²) in [6, 6.07) is 13.3. The number of hydrogen-bond donors (Lipinski definition) is 1. The Balaban J connectivity index is 1.12. The van der Waals surface area contributed by atoms with Gasteiger partial charge in [-0.25, -0.2) is 4.98 Å². The van der Waals surface area contributed by atoms with Crippen LogP contribution in [0.5, 0.6) is 11.5 Å². The van der Waals surface area contributed by atoms with Crippen molar-refractivity contribution in [1.82, 2.24) is 9.88 Å². The van der Waals surface area contributed by atoms with Crippen LogP contribution in [0.15, 0.2) is 60.7 Å². The van der Waals surface area contributed by atoms with Crippen molar-refractivity contribution in [2.75, 3.05) is 18.7 Å². The van der Waals surface area contributed by atoms with Crippen LogP contribution in [0, 0.1) is 19.8 Å². The lowest BCUT2D eigenvalue weighted by Crippen LogP contribution is -2.37. The lowest BCUT2D eigenvalue weighted by Gasteiger charge is -2.27. The number of carbonyl (C=O) groups is 2. The van der Waals surface area contributed by atoms with E-state index in [1.54, 1.807) is 0 Å². The highest BCUT2D eigenvalue weighted by molar-refractivity contribution is 7.15. The minimum atomic E-state index is -0.131. The number of carbonyl (C=O) groups excluding carboxylic acids is 2. The molecule has 1 saturated heterocycles. The summed E-state index contributed by atoms with van der Waals surface area (Å²) in [7, 11) is 0. The molecule has 2 atom stereocenters. The first-order valence-corrected chi connectivity index (χ1v) is 13.2. The van der Waals surface area contributed by atoms with Gasteiger partial charge >= 0.3 is 0 Å². The van der Waals surface area contributed by atoms with Crippen molar-refractivity contribution in [1.29, 1.82) is 0 Å². The molecule has 1 aromatic heterocycles. The van der Waals surface area contributed by atoms with Crippen molar-refractivity contribution in [3.8, 4) is 11.5 Å². The zero-order chi connectivity index (χ0) is 25.5. The van der Waals surface area contributed by atoms with E-state index < -0.39 is 0 Å². The highest BCUT2D eigenvalue weighted by Gasteiger charge is 2.36. The number of nitrogens with one attached hydrogen (secondary N) is 1. The van der Waals surface area contributed by atoms with Gasteiger partial charge in [0, 0.05) is 22.9 Å². The van der Waals surface area contributed by atoms with E-state index in [-0.39, 0.29) is 37.0 Å². The van der Waals surface area contributed by atoms with Crippen LogP contribution in [-0.4, -0.2) is 41.1 Å². The summed E-state index contributed by atoms with van der Waals surface area (Å²) in [4.78, 5) is 33.5. The average Bonchev–Trinajstić information content (AvgIpc) is 3.61. The molecule has 0 spiro atoms. The number of allylic oxidation sites excluding steroid dienone is 2. The summed E-state index contributed by atoms with van der Waals surface area (Å²) >= 11 is 1.47. The number of aryl methyl sites for hydroxylation is 2. The SMILES string of the molecule is Cc1ccc(C(=O)N2CCC3C=C(c4nc(NC(=O)Cc5ccc6c(c5)OCO6)sc4C)C=CC32)cc1. The van der Waals surface area contributed by atoms with Crippen LogP contribution in [0.3, 0.4) is 0 Å². The number of benzene rings is 2. The molecule has 0 saturated carbocycles. The maximum absolute atomic E-state index is 13.1. The molecule has 8 heteroatoms. The van der Waals surface area contributed by atoms with Gasteiger partial charge in [-0.2, -0.15) is 0 Å². The van der Waals surface area contributed by atoms with Gasteiger partial charge in [0.25, 0.3) is 5.91 Å². The number of fused-ring (bicyclic) bond motifs is 2. The van der Waals surface area contributed by atoms with Gasteiger partial charge in [-0.3, -0.25) is 9.59 Å². The molecule has 2 amide bonds. The fraction of sp³-hybridized carbons (Fsp3) is 0.276. The Morgan fingerprint density at radius 1 is 1.11 bits per heavy atom. The molecule has 0 radical (unpaired) electrons. The molecule has 2 unspecified atom stereocenters. The standard InChI is InChI=1S/C29H27N3O4S/c1-17-3-6-20(7-4-17)28(34)32-12-11-21-15-22(8-9-23(21)32)27-18(2)37-29(31-27)30-26(33)14-19-5-10-24-25(13-19)36-16-35-24/h3-10,13,15,21,23H,11-12,14,16H2,1-2H3,(H,30,31,33). The molecular formula is C29H27N3O4S. The number of amides is 2. The Hall–Kier alpha value is -3.91. The lowest BCUT2D eigenvalue weighted by molar-refractivity contribution is -0.115. The Bertz CT molecular complexity index is 1440. The van der Waals surface area contributed by atoms with Crippen LogP contribution in [-0.2, 0) is 11.2 Å². The van der Waals surface area contributed by atoms with Crippen molar-refractivity contribution in [3.63, 3.8) is 0 Å². The van der Waals surface area contributed by atoms with Crippen molar-refractivity contribution >= 4 is 33.9 Å². The molecule has 1 N–H and O–H groups in total. The predicted octanol–water partition coefficient (Wildman–Crippen LogP) is 5.15. The van der Waals surface area contributed by atoms with Crippen molar-refractivity contribution < 1.29 is 19.1 Å². The highest BCUT2D eigenvalue weighted by Crippen LogP contribution is 2.37. The second-order valence-corrected chi connectivity index (χ2v) is 10.8. The molecule has 3 heterocycles. The van der Waals surface area contributed by atoms with Gasteiger partial charge in [0.2, 0.25) is 12.7 Å². The summed E-state index contributed by atoms with van der Waals surface area (Å²) < 4.78 is 10.7. The molecule has 0 bridgehead atoms. The average molecular weight is 514 g/mol. The maximum atomic E-state index is 13.1. The first kappa shape index (κ1) is 23.5. The van der Waals surface area contributed by atoms with Crippen LogP contribution in [0.25, 0.3) is 5.57 Å². The Morgan fingerprint density at radius 2 is 1.92 bits per heavy atom. The Labute approximate surface area is 219 Å². The number of nitrogens with zero attached hydrogens (tertiary/aromatic N) is 2. The van der Waals surface area contributed by atoms with Crippen molar-refractivity contribution in [3.05, 3.63) is 88.0 Å². The first-order valence-electron chi connectivity index (χ1n) is 12.4. The van der Waals surface area contributed by atoms with Crippen molar-refractivity contribution in [2.24, 2.45) is 5.92 Å². The normalized spacial score (nSPS) is 19.5. The van der Waals surface area contributed by atoms with E-state index in [2.05, 4.69) is 23.5 Å². The number of aromatic nitrogens is 1. The number of ether oxygens (including phenoxy) is 2. The van der Waals surface area contributed by atoms with E-state index in [0.717, 1.165) is 45.8 Å². The molecule has 6 rings (SSSR count). The molecule has 188 valence electrons. The second kappa shape index (κ2) is 9.52. The largest absolute Gasteiger partial charge is 0.454 e. The van der Waals surface area contributed by atoms with Gasteiger partial charge < -0.3 is 19.7 Å². The summed E-state index contributed by atoms with van der Waals surface area (Å²) in [5.41, 5.74) is 4.64. The predicted molar refractivity (Wildman–Crippen MR) is 143 cm³/mol. The highest BCUT2D eigenvalue weighted by atomic mass is 32.1. The zero-order valence-corrected chi connectivity index (χ0v) is 21.5. The van der Waals surface area contributed by atoms with Gasteiger partial charge in [-0.15, -0.1) is 11.3 Å². The molecular weight excluding hydrogens is 486 g/mol. The monoisotopic (exact) mass is 513 g/mol. The van der Waals surface area contributed by atoms with E-state index >= 15 is 0 Å². The Morgan fingerprint density at radius 3 is 2.76 bits per heavy atom. The summed E-state index contributed by atoms with van der Waals surface area (Å²) in [6.45, 7) is 4.97. The van der Waals surface area contributed by atoms with Gasteiger partial charge in [-0.05, 0) is 55.7 Å². The molecule has 37 heavy (non-hydrogen) atoms. The van der Waals surface area contributed by atoms with Gasteiger partial charge in [0.1, 0.15) is 0 Å². The number of hydrogen-bond acceptors (Lipinski definition) is 6. The fourth-order valence-electron chi connectivity index (χ4n) is 5.13. The van der Waals surface area contributed by atoms with E-state index in [9.17, 15) is 9.59 Å². The summed E-state index contributed by atoms with van der Waals surface area (Å²) in [5.74, 6) is 1.56. The van der Waals surface area contributed by atoms with Gasteiger partial charge in [0.15, 0.2) is 16.6 Å². The first-order chi connectivity index (χ1) is 17.9. The Kier molecular flexibility index (Phi) is 6.04. The molecule has 3 aromatic rings. The third-order valence-corrected chi connectivity index (χ3v) is 7.93. The summed E-state index contributed by atoms with van der Waals surface area (Å²) in [5, 5.41) is 3.52. The van der Waals surface area contributed by atoms with Crippen LogP contribution in [0.4, 0.5) is 5.13 Å². The second-order valence-electron chi connectivity index (χ2n) is 9.63. The van der Waals surface area contributed by atoms with Crippen LogP contribution < -0.4 is 14.8 Å². The molecule has 2 aromatic carbocycles. The number of rotatable bonds is 5. The minimum absolute atomic E-state index is 0.0531. The third-order valence-electron chi connectivity index (χ3n) is 7.05. The number of likely N-dealkylation sites (tertiary alicyclic amines) is 1. The zero-order valence-electron chi connectivity index (χ0n) is 20.7. The quantitative estimate of drug-likeness (QED) is 0.510. The third kappa shape index (κ3) is 4.64. The molecule has 1 fully saturated rings. The molecule has 2 aliphatic heterocycles. The van der Waals surface area contributed by atoms with E-state index in [0.29, 0.717) is 16.6 Å². The minimum Gasteiger partial charge on any atom is -0.454 e. The smallest absolute Gasteiger partial charge is 0.254 e. The lowest BCUT2D eigenvalue weighted by atomic mass is 9.90. The maximum Gasteiger partial charge on any atom is 0.254 e. The number of anilines is 1. The van der Waals surface area contributed by atoms with Crippen molar-refractivity contribution in [2.45, 2.75) is 32.7 Å². The topological polar surface area (TPSA) is 80.8 Å². The molecule has 3 aliphatic rings. The van der Waals surface area contributed by atoms with E-state index in [1.165, 1.54) is 11.3 Å². The van der Waals surface area contributed by atoms with Crippen LogP contribution >= 0.6 is 11.3 Å². The van der Waals surface area contributed by atoms with E-state index in [4.69, 9.17) is 14.5 Å². The van der Waals surface area contributed by atoms with E-state index in [1.807, 2.05) is 61.2 Å². The molecule has 1 aliphatic carbocycles. The molecule has 7 nitrogen and oxygen atoms in total. The van der Waals surface area contributed by atoms with Gasteiger partial charge in [0.05, 0.1) is 18.2 Å². The van der Waals surface area contributed by atoms with Crippen LogP contribution in [0.2, 0.25) is 0 Å². The summed E-state index contributed by atoms with van der Waals surface area (Å²) in [6.07, 6.45) is 7.55.